The number of nitrogens with two attached hydrogens (primary N) is 1. The van der Waals surface area contributed by atoms with Crippen molar-refractivity contribution in [1.29, 1.82) is 0 Å². The van der Waals surface area contributed by atoms with Crippen LogP contribution in [-0.4, -0.2) is 11.0 Å². The van der Waals surface area contributed by atoms with Gasteiger partial charge in [0.1, 0.15) is 0 Å². The number of hydrogen-bond donors (Lipinski definition) is 2. The first-order valence-electron chi connectivity index (χ1n) is 6.23. The molecule has 0 bridgehead atoms. The van der Waals surface area contributed by atoms with Gasteiger partial charge in [-0.25, -0.2) is 0 Å². The number of nitrogen functional groups attached to an aromatic ring is 1. The Morgan fingerprint density at radius 3 is 2.75 bits per heavy atom. The molecule has 1 heterocycles. The predicted molar refractivity (Wildman–Crippen MR) is 68.3 cm³/mol. The highest BCUT2D eigenvalue weighted by Gasteiger charge is 2.19. The van der Waals surface area contributed by atoms with Crippen LogP contribution in [0.15, 0.2) is 18.5 Å². The van der Waals surface area contributed by atoms with Crippen LogP contribution in [0.4, 0.5) is 11.4 Å². The zero-order valence-electron chi connectivity index (χ0n) is 9.95. The minimum absolute atomic E-state index is 0.518. The monoisotopic (exact) mass is 219 g/mol. The maximum absolute atomic E-state index is 5.71. The summed E-state index contributed by atoms with van der Waals surface area (Å²) < 4.78 is 0. The summed E-state index contributed by atoms with van der Waals surface area (Å²) in [7, 11) is 0. The van der Waals surface area contributed by atoms with Crippen molar-refractivity contribution in [2.45, 2.75) is 45.1 Å². The topological polar surface area (TPSA) is 50.9 Å². The van der Waals surface area contributed by atoms with Crippen LogP contribution in [0, 0.1) is 5.92 Å². The molecule has 2 rings (SSSR count). The summed E-state index contributed by atoms with van der Waals surface area (Å²) in [6.07, 6.45) is 10.4. The van der Waals surface area contributed by atoms with E-state index in [4.69, 9.17) is 5.73 Å². The SMILES string of the molecule is CC(Nc1cncc(N)c1)C1CCCCC1. The van der Waals surface area contributed by atoms with Gasteiger partial charge in [0.15, 0.2) is 0 Å². The highest BCUT2D eigenvalue weighted by atomic mass is 14.9. The summed E-state index contributed by atoms with van der Waals surface area (Å²) >= 11 is 0. The van der Waals surface area contributed by atoms with Crippen molar-refractivity contribution in [1.82, 2.24) is 4.98 Å². The van der Waals surface area contributed by atoms with Gasteiger partial charge in [-0.1, -0.05) is 19.3 Å². The van der Waals surface area contributed by atoms with E-state index in [1.54, 1.807) is 6.20 Å². The molecule has 0 aromatic carbocycles. The average Bonchev–Trinajstić information content (AvgIpc) is 2.30. The van der Waals surface area contributed by atoms with Crippen molar-refractivity contribution in [3.05, 3.63) is 18.5 Å². The van der Waals surface area contributed by atoms with Crippen molar-refractivity contribution in [2.75, 3.05) is 11.1 Å². The number of pyridine rings is 1. The van der Waals surface area contributed by atoms with Crippen LogP contribution in [0.3, 0.4) is 0 Å². The van der Waals surface area contributed by atoms with Gasteiger partial charge in [0.2, 0.25) is 0 Å². The van der Waals surface area contributed by atoms with Gasteiger partial charge in [-0.3, -0.25) is 4.98 Å². The number of nitrogens with one attached hydrogen (secondary N) is 1. The Hall–Kier alpha value is -1.25. The normalized spacial score (nSPS) is 19.3. The molecule has 0 amide bonds. The van der Waals surface area contributed by atoms with Gasteiger partial charge < -0.3 is 11.1 Å². The third-order valence-corrected chi connectivity index (χ3v) is 3.51. The summed E-state index contributed by atoms with van der Waals surface area (Å²) in [6.45, 7) is 2.26. The van der Waals surface area contributed by atoms with Gasteiger partial charge in [0, 0.05) is 12.2 Å². The quantitative estimate of drug-likeness (QED) is 0.821. The second kappa shape index (κ2) is 5.19. The molecule has 3 N–H and O–H groups in total. The van der Waals surface area contributed by atoms with Crippen molar-refractivity contribution >= 4 is 11.4 Å². The summed E-state index contributed by atoms with van der Waals surface area (Å²) in [5, 5.41) is 3.51. The van der Waals surface area contributed by atoms with Gasteiger partial charge in [-0.2, -0.15) is 0 Å². The van der Waals surface area contributed by atoms with Crippen molar-refractivity contribution in [2.24, 2.45) is 5.92 Å². The van der Waals surface area contributed by atoms with Crippen LogP contribution in [0.1, 0.15) is 39.0 Å². The fraction of sp³-hybridized carbons (Fsp3) is 0.615. The largest absolute Gasteiger partial charge is 0.397 e. The molecule has 88 valence electrons. The third-order valence-electron chi connectivity index (χ3n) is 3.51. The van der Waals surface area contributed by atoms with E-state index >= 15 is 0 Å². The van der Waals surface area contributed by atoms with E-state index in [0.717, 1.165) is 17.3 Å². The highest BCUT2D eigenvalue weighted by molar-refractivity contribution is 5.51. The van der Waals surface area contributed by atoms with Crippen LogP contribution in [-0.2, 0) is 0 Å². The Morgan fingerprint density at radius 2 is 2.06 bits per heavy atom. The Labute approximate surface area is 97.5 Å². The fourth-order valence-electron chi connectivity index (χ4n) is 2.55. The van der Waals surface area contributed by atoms with Crippen molar-refractivity contribution in [3.63, 3.8) is 0 Å². The molecule has 1 saturated carbocycles. The van der Waals surface area contributed by atoms with Crippen LogP contribution in [0.2, 0.25) is 0 Å². The molecule has 1 aromatic heterocycles. The zero-order chi connectivity index (χ0) is 11.4. The molecular weight excluding hydrogens is 198 g/mol. The molecular formula is C13H21N3. The number of anilines is 2. The van der Waals surface area contributed by atoms with E-state index in [9.17, 15) is 0 Å². The smallest absolute Gasteiger partial charge is 0.0549 e. The molecule has 1 unspecified atom stereocenters. The Morgan fingerprint density at radius 1 is 1.31 bits per heavy atom. The van der Waals surface area contributed by atoms with Gasteiger partial charge in [0.05, 0.1) is 17.6 Å². The second-order valence-electron chi connectivity index (χ2n) is 4.84. The lowest BCUT2D eigenvalue weighted by Gasteiger charge is -2.28. The highest BCUT2D eigenvalue weighted by Crippen LogP contribution is 2.28. The van der Waals surface area contributed by atoms with E-state index in [1.165, 1.54) is 32.1 Å². The predicted octanol–water partition coefficient (Wildman–Crippen LogP) is 3.04. The molecule has 16 heavy (non-hydrogen) atoms. The summed E-state index contributed by atoms with van der Waals surface area (Å²) in [6, 6.07) is 2.47. The second-order valence-corrected chi connectivity index (χ2v) is 4.84. The molecule has 1 atom stereocenters. The van der Waals surface area contributed by atoms with E-state index in [2.05, 4.69) is 17.2 Å². The molecule has 1 aliphatic rings. The lowest BCUT2D eigenvalue weighted by molar-refractivity contribution is 0.328. The lowest BCUT2D eigenvalue weighted by Crippen LogP contribution is -2.27. The average molecular weight is 219 g/mol. The van der Waals surface area contributed by atoms with Crippen molar-refractivity contribution < 1.29 is 0 Å². The maximum Gasteiger partial charge on any atom is 0.0549 e. The molecule has 1 fully saturated rings. The molecule has 0 spiro atoms. The van der Waals surface area contributed by atoms with Gasteiger partial charge in [-0.15, -0.1) is 0 Å². The van der Waals surface area contributed by atoms with Crippen LogP contribution < -0.4 is 11.1 Å². The molecule has 1 aliphatic carbocycles. The summed E-state index contributed by atoms with van der Waals surface area (Å²) in [4.78, 5) is 4.09. The Kier molecular flexibility index (Phi) is 3.65. The summed E-state index contributed by atoms with van der Waals surface area (Å²) in [5.74, 6) is 0.801. The van der Waals surface area contributed by atoms with Gasteiger partial charge in [0.25, 0.3) is 0 Å². The third kappa shape index (κ3) is 2.87. The molecule has 0 saturated heterocycles. The van der Waals surface area contributed by atoms with Crippen molar-refractivity contribution in [3.8, 4) is 0 Å². The minimum atomic E-state index is 0.518. The standard InChI is InChI=1S/C13H21N3/c1-10(11-5-3-2-4-6-11)16-13-7-12(14)8-15-9-13/h7-11,16H,2-6,14H2,1H3. The first-order valence-corrected chi connectivity index (χ1v) is 6.23. The first kappa shape index (κ1) is 11.2. The van der Waals surface area contributed by atoms with Crippen LogP contribution in [0.5, 0.6) is 0 Å². The first-order chi connectivity index (χ1) is 7.75. The van der Waals surface area contributed by atoms with E-state index in [-0.39, 0.29) is 0 Å². The molecule has 1 aromatic rings. The molecule has 3 heteroatoms. The molecule has 0 radical (unpaired) electrons. The Bertz CT molecular complexity index is 332. The number of nitrogens with zero attached hydrogens (tertiary/aromatic N) is 1. The molecule has 3 nitrogen and oxygen atoms in total. The maximum atomic E-state index is 5.71. The number of hydrogen-bond acceptors (Lipinski definition) is 3. The lowest BCUT2D eigenvalue weighted by atomic mass is 9.84. The van der Waals surface area contributed by atoms with Crippen LogP contribution in [0.25, 0.3) is 0 Å². The van der Waals surface area contributed by atoms with Crippen LogP contribution >= 0.6 is 0 Å². The molecule has 0 aliphatic heterocycles. The fourth-order valence-corrected chi connectivity index (χ4v) is 2.55. The number of aromatic nitrogens is 1. The Balaban J connectivity index is 1.93. The van der Waals surface area contributed by atoms with Gasteiger partial charge >= 0.3 is 0 Å². The summed E-state index contributed by atoms with van der Waals surface area (Å²) in [5.41, 5.74) is 7.47. The minimum Gasteiger partial charge on any atom is -0.397 e. The van der Waals surface area contributed by atoms with E-state index in [0.29, 0.717) is 6.04 Å². The van der Waals surface area contributed by atoms with E-state index in [1.807, 2.05) is 12.3 Å². The zero-order valence-corrected chi connectivity index (χ0v) is 9.95. The number of rotatable bonds is 3. The van der Waals surface area contributed by atoms with Gasteiger partial charge in [-0.05, 0) is 31.7 Å². The van der Waals surface area contributed by atoms with E-state index < -0.39 is 0 Å².